The van der Waals surface area contributed by atoms with Crippen LogP contribution in [0.1, 0.15) is 5.56 Å². The number of hydrogen-bond acceptors (Lipinski definition) is 4. The molecule has 0 fully saturated rings. The van der Waals surface area contributed by atoms with E-state index >= 15 is 0 Å². The highest BCUT2D eigenvalue weighted by atomic mass is 16.5. The third-order valence-electron chi connectivity index (χ3n) is 2.61. The third-order valence-corrected chi connectivity index (χ3v) is 2.61. The summed E-state index contributed by atoms with van der Waals surface area (Å²) in [6.07, 6.45) is 7.20. The number of fused-ring (bicyclic) bond motifs is 1. The van der Waals surface area contributed by atoms with E-state index in [1.165, 1.54) is 0 Å². The monoisotopic (exact) mass is 213 g/mol. The summed E-state index contributed by atoms with van der Waals surface area (Å²) in [5.41, 5.74) is 2.18. The summed E-state index contributed by atoms with van der Waals surface area (Å²) in [7, 11) is 0. The van der Waals surface area contributed by atoms with Gasteiger partial charge in [-0.2, -0.15) is 0 Å². The minimum atomic E-state index is 0.558. The molecule has 4 nitrogen and oxygen atoms in total. The minimum absolute atomic E-state index is 0.558. The van der Waals surface area contributed by atoms with Crippen molar-refractivity contribution in [2.75, 3.05) is 11.6 Å². The van der Waals surface area contributed by atoms with Crippen LogP contribution in [-0.2, 0) is 6.54 Å². The lowest BCUT2D eigenvalue weighted by molar-refractivity contribution is 0.288. The first kappa shape index (κ1) is 9.15. The molecule has 1 aliphatic rings. The van der Waals surface area contributed by atoms with Gasteiger partial charge in [0, 0.05) is 24.2 Å². The van der Waals surface area contributed by atoms with Gasteiger partial charge in [-0.1, -0.05) is 0 Å². The standard InChI is InChI=1S/C12H11N3O/c1-2-11(7-13-4-1)15-8-10-6-14-5-3-12(10)16-9-15/h1-7H,8-9H2. The maximum atomic E-state index is 5.65. The van der Waals surface area contributed by atoms with Gasteiger partial charge >= 0.3 is 0 Å². The number of pyridine rings is 2. The van der Waals surface area contributed by atoms with E-state index in [0.29, 0.717) is 6.73 Å². The van der Waals surface area contributed by atoms with Crippen LogP contribution in [0.2, 0.25) is 0 Å². The second-order valence-electron chi connectivity index (χ2n) is 3.67. The molecule has 0 aliphatic carbocycles. The molecule has 4 heteroatoms. The fourth-order valence-corrected chi connectivity index (χ4v) is 1.78. The summed E-state index contributed by atoms with van der Waals surface area (Å²) in [6, 6.07) is 5.85. The highest BCUT2D eigenvalue weighted by Gasteiger charge is 2.17. The zero-order chi connectivity index (χ0) is 10.8. The Bertz CT molecular complexity index is 487. The molecule has 0 unspecified atom stereocenters. The molecule has 0 amide bonds. The molecule has 0 N–H and O–H groups in total. The van der Waals surface area contributed by atoms with Gasteiger partial charge in [0.05, 0.1) is 18.4 Å². The molecule has 16 heavy (non-hydrogen) atoms. The lowest BCUT2D eigenvalue weighted by atomic mass is 10.2. The molecule has 0 radical (unpaired) electrons. The zero-order valence-electron chi connectivity index (χ0n) is 8.71. The van der Waals surface area contributed by atoms with Gasteiger partial charge in [-0.3, -0.25) is 9.97 Å². The third kappa shape index (κ3) is 1.58. The quantitative estimate of drug-likeness (QED) is 0.724. The van der Waals surface area contributed by atoms with Crippen molar-refractivity contribution in [2.24, 2.45) is 0 Å². The van der Waals surface area contributed by atoms with E-state index in [1.54, 1.807) is 12.4 Å². The first-order chi connectivity index (χ1) is 7.93. The van der Waals surface area contributed by atoms with Gasteiger partial charge in [-0.25, -0.2) is 0 Å². The van der Waals surface area contributed by atoms with Crippen molar-refractivity contribution in [2.45, 2.75) is 6.54 Å². The smallest absolute Gasteiger partial charge is 0.161 e. The molecule has 0 spiro atoms. The summed E-state index contributed by atoms with van der Waals surface area (Å²) < 4.78 is 5.65. The summed E-state index contributed by atoms with van der Waals surface area (Å²) in [5, 5.41) is 0. The van der Waals surface area contributed by atoms with E-state index in [0.717, 1.165) is 23.5 Å². The number of nitrogens with zero attached hydrogens (tertiary/aromatic N) is 3. The van der Waals surface area contributed by atoms with Crippen LogP contribution in [0.15, 0.2) is 43.0 Å². The number of rotatable bonds is 1. The molecule has 0 saturated carbocycles. The SMILES string of the molecule is c1cncc(N2COc3ccncc3C2)c1. The van der Waals surface area contributed by atoms with Gasteiger partial charge in [0.25, 0.3) is 0 Å². The van der Waals surface area contributed by atoms with Crippen molar-refractivity contribution in [1.29, 1.82) is 0 Å². The summed E-state index contributed by atoms with van der Waals surface area (Å²) in [4.78, 5) is 10.3. The van der Waals surface area contributed by atoms with Gasteiger partial charge in [0.1, 0.15) is 5.75 Å². The molecule has 80 valence electrons. The molecule has 0 bridgehead atoms. The first-order valence-electron chi connectivity index (χ1n) is 5.14. The topological polar surface area (TPSA) is 38.2 Å². The fraction of sp³-hybridized carbons (Fsp3) is 0.167. The molecule has 2 aromatic heterocycles. The Morgan fingerprint density at radius 3 is 2.94 bits per heavy atom. The Labute approximate surface area is 93.5 Å². The van der Waals surface area contributed by atoms with Crippen molar-refractivity contribution < 1.29 is 4.74 Å². The second-order valence-corrected chi connectivity index (χ2v) is 3.67. The minimum Gasteiger partial charge on any atom is -0.473 e. The number of aromatic nitrogens is 2. The molecule has 3 heterocycles. The number of anilines is 1. The number of hydrogen-bond donors (Lipinski definition) is 0. The van der Waals surface area contributed by atoms with E-state index in [9.17, 15) is 0 Å². The Hall–Kier alpha value is -2.10. The van der Waals surface area contributed by atoms with E-state index < -0.39 is 0 Å². The van der Waals surface area contributed by atoms with E-state index in [2.05, 4.69) is 14.9 Å². The normalized spacial score (nSPS) is 14.1. The van der Waals surface area contributed by atoms with Gasteiger partial charge in [0.2, 0.25) is 0 Å². The van der Waals surface area contributed by atoms with Crippen molar-refractivity contribution in [3.63, 3.8) is 0 Å². The van der Waals surface area contributed by atoms with Crippen molar-refractivity contribution >= 4 is 5.69 Å². The van der Waals surface area contributed by atoms with Crippen molar-refractivity contribution in [3.05, 3.63) is 48.5 Å². The van der Waals surface area contributed by atoms with Crippen LogP contribution >= 0.6 is 0 Å². The van der Waals surface area contributed by atoms with E-state index in [-0.39, 0.29) is 0 Å². The van der Waals surface area contributed by atoms with E-state index in [1.807, 2.05) is 30.6 Å². The Morgan fingerprint density at radius 2 is 2.06 bits per heavy atom. The summed E-state index contributed by atoms with van der Waals surface area (Å²) >= 11 is 0. The summed E-state index contributed by atoms with van der Waals surface area (Å²) in [6.45, 7) is 1.37. The fourth-order valence-electron chi connectivity index (χ4n) is 1.78. The first-order valence-corrected chi connectivity index (χ1v) is 5.14. The summed E-state index contributed by atoms with van der Waals surface area (Å²) in [5.74, 6) is 0.926. The maximum Gasteiger partial charge on any atom is 0.161 e. The Kier molecular flexibility index (Phi) is 2.18. The van der Waals surface area contributed by atoms with Crippen LogP contribution < -0.4 is 9.64 Å². The molecule has 1 aliphatic heterocycles. The lowest BCUT2D eigenvalue weighted by Crippen LogP contribution is -2.31. The molecular formula is C12H11N3O. The van der Waals surface area contributed by atoms with Gasteiger partial charge in [-0.05, 0) is 18.2 Å². The molecular weight excluding hydrogens is 202 g/mol. The largest absolute Gasteiger partial charge is 0.473 e. The highest BCUT2D eigenvalue weighted by molar-refractivity contribution is 5.47. The highest BCUT2D eigenvalue weighted by Crippen LogP contribution is 2.26. The van der Waals surface area contributed by atoms with Gasteiger partial charge in [0.15, 0.2) is 6.73 Å². The second kappa shape index (κ2) is 3.81. The molecule has 3 rings (SSSR count). The van der Waals surface area contributed by atoms with Crippen LogP contribution in [0.25, 0.3) is 0 Å². The Balaban J connectivity index is 1.89. The molecule has 0 atom stereocenters. The number of ether oxygens (including phenoxy) is 1. The van der Waals surface area contributed by atoms with Crippen molar-refractivity contribution in [3.8, 4) is 5.75 Å². The maximum absolute atomic E-state index is 5.65. The molecule has 2 aromatic rings. The average molecular weight is 213 g/mol. The zero-order valence-corrected chi connectivity index (χ0v) is 8.71. The van der Waals surface area contributed by atoms with Crippen LogP contribution in [0.5, 0.6) is 5.75 Å². The van der Waals surface area contributed by atoms with Gasteiger partial charge in [-0.15, -0.1) is 0 Å². The molecule has 0 aromatic carbocycles. The van der Waals surface area contributed by atoms with Crippen LogP contribution in [0.4, 0.5) is 5.69 Å². The predicted octanol–water partition coefficient (Wildman–Crippen LogP) is 1.83. The van der Waals surface area contributed by atoms with Crippen LogP contribution in [-0.4, -0.2) is 16.7 Å². The Morgan fingerprint density at radius 1 is 1.12 bits per heavy atom. The van der Waals surface area contributed by atoms with E-state index in [4.69, 9.17) is 4.74 Å². The predicted molar refractivity (Wildman–Crippen MR) is 60.2 cm³/mol. The lowest BCUT2D eigenvalue weighted by Gasteiger charge is -2.29. The average Bonchev–Trinajstić information content (AvgIpc) is 2.39. The van der Waals surface area contributed by atoms with Gasteiger partial charge < -0.3 is 9.64 Å². The van der Waals surface area contributed by atoms with Crippen LogP contribution in [0, 0.1) is 0 Å². The molecule has 0 saturated heterocycles. The van der Waals surface area contributed by atoms with Crippen LogP contribution in [0.3, 0.4) is 0 Å². The van der Waals surface area contributed by atoms with Crippen molar-refractivity contribution in [1.82, 2.24) is 9.97 Å².